The van der Waals surface area contributed by atoms with Gasteiger partial charge in [0, 0.05) is 13.1 Å². The zero-order valence-electron chi connectivity index (χ0n) is 13.4. The molecule has 0 saturated carbocycles. The monoisotopic (exact) mass is 335 g/mol. The minimum atomic E-state index is -0.708. The van der Waals surface area contributed by atoms with Crippen molar-refractivity contribution in [3.05, 3.63) is 29.8 Å². The van der Waals surface area contributed by atoms with Crippen molar-refractivity contribution in [3.63, 3.8) is 0 Å². The van der Waals surface area contributed by atoms with Crippen LogP contribution in [0.3, 0.4) is 0 Å². The molecule has 0 aliphatic heterocycles. The second-order valence-electron chi connectivity index (χ2n) is 5.07. The highest BCUT2D eigenvalue weighted by Gasteiger charge is 2.14. The van der Waals surface area contributed by atoms with E-state index >= 15 is 0 Å². The summed E-state index contributed by atoms with van der Waals surface area (Å²) in [5.74, 6) is 0.157. The molecule has 0 aromatic heterocycles. The Bertz CT molecular complexity index is 568. The van der Waals surface area contributed by atoms with Crippen molar-refractivity contribution in [1.82, 2.24) is 21.1 Å². The molecule has 0 spiro atoms. The zero-order valence-corrected chi connectivity index (χ0v) is 14.2. The first kappa shape index (κ1) is 18.7. The summed E-state index contributed by atoms with van der Waals surface area (Å²) >= 11 is 5.04. The number of hydrazine groups is 1. The van der Waals surface area contributed by atoms with Gasteiger partial charge in [-0.25, -0.2) is 0 Å². The van der Waals surface area contributed by atoms with Crippen molar-refractivity contribution < 1.29 is 9.53 Å². The van der Waals surface area contributed by atoms with Crippen LogP contribution in [0.15, 0.2) is 24.3 Å². The van der Waals surface area contributed by atoms with Crippen molar-refractivity contribution in [1.29, 1.82) is 5.26 Å². The average molecular weight is 335 g/mol. The van der Waals surface area contributed by atoms with E-state index in [1.54, 1.807) is 31.2 Å². The number of hydrogen-bond donors (Lipinski definition) is 3. The number of amides is 1. The molecule has 7 nitrogen and oxygen atoms in total. The molecule has 0 saturated heterocycles. The highest BCUT2D eigenvalue weighted by Crippen LogP contribution is 2.13. The van der Waals surface area contributed by atoms with Gasteiger partial charge in [0.15, 0.2) is 11.2 Å². The summed E-state index contributed by atoms with van der Waals surface area (Å²) in [7, 11) is 3.92. The van der Waals surface area contributed by atoms with Crippen LogP contribution in [0.1, 0.15) is 12.5 Å². The molecule has 0 fully saturated rings. The molecule has 3 N–H and O–H groups in total. The quantitative estimate of drug-likeness (QED) is 0.512. The van der Waals surface area contributed by atoms with Crippen LogP contribution < -0.4 is 20.9 Å². The predicted molar refractivity (Wildman–Crippen MR) is 91.7 cm³/mol. The lowest BCUT2D eigenvalue weighted by Crippen LogP contribution is -2.51. The van der Waals surface area contributed by atoms with Gasteiger partial charge in [-0.15, -0.1) is 0 Å². The van der Waals surface area contributed by atoms with E-state index in [-0.39, 0.29) is 5.91 Å². The third-order valence-corrected chi connectivity index (χ3v) is 3.06. The van der Waals surface area contributed by atoms with Crippen LogP contribution in [0.5, 0.6) is 5.75 Å². The van der Waals surface area contributed by atoms with Gasteiger partial charge in [-0.3, -0.25) is 15.6 Å². The number of nitriles is 1. The second kappa shape index (κ2) is 9.61. The van der Waals surface area contributed by atoms with E-state index in [1.807, 2.05) is 25.1 Å². The number of benzene rings is 1. The van der Waals surface area contributed by atoms with Crippen molar-refractivity contribution in [2.75, 3.05) is 27.2 Å². The first-order chi connectivity index (χ1) is 10.9. The van der Waals surface area contributed by atoms with E-state index in [9.17, 15) is 4.79 Å². The average Bonchev–Trinajstić information content (AvgIpc) is 2.52. The number of nitrogens with zero attached hydrogens (tertiary/aromatic N) is 2. The first-order valence-electron chi connectivity index (χ1n) is 7.07. The normalized spacial score (nSPS) is 11.3. The zero-order chi connectivity index (χ0) is 17.2. The maximum atomic E-state index is 11.9. The molecule has 1 aromatic rings. The van der Waals surface area contributed by atoms with Gasteiger partial charge in [-0.1, -0.05) is 0 Å². The molecule has 1 atom stereocenters. The Kier molecular flexibility index (Phi) is 7.80. The molecule has 0 aliphatic carbocycles. The molecule has 0 unspecified atom stereocenters. The van der Waals surface area contributed by atoms with Gasteiger partial charge >= 0.3 is 0 Å². The minimum Gasteiger partial charge on any atom is -0.481 e. The topological polar surface area (TPSA) is 89.4 Å². The molecular weight excluding hydrogens is 314 g/mol. The summed E-state index contributed by atoms with van der Waals surface area (Å²) in [5, 5.41) is 12.0. The Morgan fingerprint density at radius 1 is 1.35 bits per heavy atom. The molecular formula is C15H21N5O2S. The molecule has 0 radical (unpaired) electrons. The van der Waals surface area contributed by atoms with E-state index in [2.05, 4.69) is 16.2 Å². The second-order valence-corrected chi connectivity index (χ2v) is 5.48. The summed E-state index contributed by atoms with van der Waals surface area (Å²) in [5.41, 5.74) is 5.63. The molecule has 124 valence electrons. The summed E-state index contributed by atoms with van der Waals surface area (Å²) in [4.78, 5) is 13.9. The fourth-order valence-corrected chi connectivity index (χ4v) is 1.68. The molecule has 1 amide bonds. The van der Waals surface area contributed by atoms with Gasteiger partial charge in [-0.2, -0.15) is 5.26 Å². The maximum Gasteiger partial charge on any atom is 0.279 e. The number of ether oxygens (including phenoxy) is 1. The number of carbonyl (C=O) groups is 1. The van der Waals surface area contributed by atoms with E-state index in [1.165, 1.54) is 0 Å². The highest BCUT2D eigenvalue weighted by molar-refractivity contribution is 7.80. The van der Waals surface area contributed by atoms with Crippen LogP contribution in [0.2, 0.25) is 0 Å². The van der Waals surface area contributed by atoms with Gasteiger partial charge in [0.05, 0.1) is 11.6 Å². The SMILES string of the molecule is C[C@@H](Oc1ccc(C#N)cc1)C(=O)NNC(=S)NCCN(C)C. The summed E-state index contributed by atoms with van der Waals surface area (Å²) in [6, 6.07) is 8.56. The van der Waals surface area contributed by atoms with Gasteiger partial charge in [0.2, 0.25) is 0 Å². The Morgan fingerprint density at radius 3 is 2.57 bits per heavy atom. The maximum absolute atomic E-state index is 11.9. The molecule has 8 heteroatoms. The smallest absolute Gasteiger partial charge is 0.279 e. The van der Waals surface area contributed by atoms with Crippen LogP contribution in [-0.2, 0) is 4.79 Å². The van der Waals surface area contributed by atoms with Gasteiger partial charge in [-0.05, 0) is 57.5 Å². The minimum absolute atomic E-state index is 0.339. The number of likely N-dealkylation sites (N-methyl/N-ethyl adjacent to an activating group) is 1. The van der Waals surface area contributed by atoms with Crippen LogP contribution in [0.4, 0.5) is 0 Å². The van der Waals surface area contributed by atoms with Crippen molar-refractivity contribution in [2.45, 2.75) is 13.0 Å². The number of rotatable bonds is 6. The lowest BCUT2D eigenvalue weighted by atomic mass is 10.2. The van der Waals surface area contributed by atoms with E-state index in [0.717, 1.165) is 6.54 Å². The number of carbonyl (C=O) groups excluding carboxylic acids is 1. The lowest BCUT2D eigenvalue weighted by molar-refractivity contribution is -0.127. The Hall–Kier alpha value is -2.37. The molecule has 0 aliphatic rings. The van der Waals surface area contributed by atoms with E-state index in [0.29, 0.717) is 23.0 Å². The van der Waals surface area contributed by atoms with E-state index < -0.39 is 6.10 Å². The van der Waals surface area contributed by atoms with Gasteiger partial charge in [0.25, 0.3) is 5.91 Å². The molecule has 0 bridgehead atoms. The fraction of sp³-hybridized carbons (Fsp3) is 0.400. The summed E-state index contributed by atoms with van der Waals surface area (Å²) in [6.07, 6.45) is -0.708. The van der Waals surface area contributed by atoms with Crippen molar-refractivity contribution in [3.8, 4) is 11.8 Å². The van der Waals surface area contributed by atoms with E-state index in [4.69, 9.17) is 22.2 Å². The summed E-state index contributed by atoms with van der Waals surface area (Å²) in [6.45, 7) is 3.12. The molecule has 1 rings (SSSR count). The van der Waals surface area contributed by atoms with Crippen molar-refractivity contribution in [2.24, 2.45) is 0 Å². The third-order valence-electron chi connectivity index (χ3n) is 2.81. The van der Waals surface area contributed by atoms with Gasteiger partial charge in [0.1, 0.15) is 5.75 Å². The highest BCUT2D eigenvalue weighted by atomic mass is 32.1. The fourth-order valence-electron chi connectivity index (χ4n) is 1.52. The third kappa shape index (κ3) is 7.44. The first-order valence-corrected chi connectivity index (χ1v) is 7.48. The molecule has 0 heterocycles. The number of nitrogens with one attached hydrogen (secondary N) is 3. The van der Waals surface area contributed by atoms with Crippen molar-refractivity contribution >= 4 is 23.2 Å². The molecule has 23 heavy (non-hydrogen) atoms. The molecule has 1 aromatic carbocycles. The number of thiocarbonyl (C=S) groups is 1. The Labute approximate surface area is 141 Å². The van der Waals surface area contributed by atoms with Crippen LogP contribution in [-0.4, -0.2) is 49.2 Å². The summed E-state index contributed by atoms with van der Waals surface area (Å²) < 4.78 is 5.49. The van der Waals surface area contributed by atoms with Crippen LogP contribution in [0.25, 0.3) is 0 Å². The predicted octanol–water partition coefficient (Wildman–Crippen LogP) is 0.382. The van der Waals surface area contributed by atoms with Gasteiger partial charge < -0.3 is 15.0 Å². The Balaban J connectivity index is 2.33. The van der Waals surface area contributed by atoms with Crippen LogP contribution >= 0.6 is 12.2 Å². The van der Waals surface area contributed by atoms with Crippen LogP contribution in [0, 0.1) is 11.3 Å². The number of hydrogen-bond acceptors (Lipinski definition) is 5. The standard InChI is InChI=1S/C15H21N5O2S/c1-11(22-13-6-4-12(10-16)5-7-13)14(21)18-19-15(23)17-8-9-20(2)3/h4-7,11H,8-9H2,1-3H3,(H,18,21)(H2,17,19,23)/t11-/m1/s1. The Morgan fingerprint density at radius 2 is 2.00 bits per heavy atom. The largest absolute Gasteiger partial charge is 0.481 e. The lowest BCUT2D eigenvalue weighted by Gasteiger charge is -2.17.